The van der Waals surface area contributed by atoms with Crippen LogP contribution < -0.4 is 10.5 Å². The van der Waals surface area contributed by atoms with Crippen molar-refractivity contribution in [3.8, 4) is 0 Å². The highest BCUT2D eigenvalue weighted by Crippen LogP contribution is 2.20. The van der Waals surface area contributed by atoms with E-state index in [9.17, 15) is 13.2 Å². The van der Waals surface area contributed by atoms with Crippen molar-refractivity contribution in [1.29, 1.82) is 0 Å². The van der Waals surface area contributed by atoms with Crippen LogP contribution in [0.4, 0.5) is 0 Å². The predicted molar refractivity (Wildman–Crippen MR) is 73.2 cm³/mol. The number of nitrogens with two attached hydrogens (primary N) is 1. The smallest absolute Gasteiger partial charge is 0.250 e. The molecule has 0 radical (unpaired) electrons. The summed E-state index contributed by atoms with van der Waals surface area (Å²) in [4.78, 5) is 14.2. The van der Waals surface area contributed by atoms with Gasteiger partial charge in [0.15, 0.2) is 0 Å². The first kappa shape index (κ1) is 14.4. The van der Waals surface area contributed by atoms with Crippen molar-refractivity contribution in [1.82, 2.24) is 9.62 Å². The number of carbonyl (C=O) groups is 1. The van der Waals surface area contributed by atoms with Gasteiger partial charge in [0.1, 0.15) is 4.21 Å². The van der Waals surface area contributed by atoms with Crippen LogP contribution in [0.5, 0.6) is 0 Å². The third-order valence-corrected chi connectivity index (χ3v) is 5.98. The van der Waals surface area contributed by atoms with Gasteiger partial charge in [-0.25, -0.2) is 13.1 Å². The zero-order valence-electron chi connectivity index (χ0n) is 10.5. The fourth-order valence-corrected chi connectivity index (χ4v) is 4.17. The Balaban J connectivity index is 1.95. The number of hydrogen-bond acceptors (Lipinski definition) is 5. The van der Waals surface area contributed by atoms with Gasteiger partial charge in [0.05, 0.1) is 6.54 Å². The highest BCUT2D eigenvalue weighted by Gasteiger charge is 2.22. The minimum absolute atomic E-state index is 0.170. The molecule has 0 atom stereocenters. The molecule has 1 saturated heterocycles. The maximum absolute atomic E-state index is 12.0. The van der Waals surface area contributed by atoms with E-state index in [-0.39, 0.29) is 16.7 Å². The summed E-state index contributed by atoms with van der Waals surface area (Å²) in [6.07, 6.45) is 1.98. The van der Waals surface area contributed by atoms with Gasteiger partial charge >= 0.3 is 0 Å². The maximum atomic E-state index is 12.0. The molecule has 1 aromatic rings. The van der Waals surface area contributed by atoms with Gasteiger partial charge in [0, 0.05) is 24.5 Å². The number of nitrogens with zero attached hydrogens (tertiary/aromatic N) is 1. The predicted octanol–water partition coefficient (Wildman–Crippen LogP) is 0.107. The van der Waals surface area contributed by atoms with Crippen LogP contribution in [-0.2, 0) is 21.4 Å². The van der Waals surface area contributed by atoms with E-state index in [0.29, 0.717) is 6.54 Å². The van der Waals surface area contributed by atoms with E-state index in [1.165, 1.54) is 6.07 Å². The molecule has 0 saturated carbocycles. The zero-order chi connectivity index (χ0) is 13.9. The summed E-state index contributed by atoms with van der Waals surface area (Å²) in [5.74, 6) is -0.170. The van der Waals surface area contributed by atoms with Crippen LogP contribution in [0, 0.1) is 0 Å². The van der Waals surface area contributed by atoms with Crippen LogP contribution in [0.25, 0.3) is 0 Å². The van der Waals surface area contributed by atoms with Gasteiger partial charge in [-0.1, -0.05) is 0 Å². The zero-order valence-corrected chi connectivity index (χ0v) is 12.1. The minimum Gasteiger partial charge on any atom is -0.342 e. The first-order valence-electron chi connectivity index (χ1n) is 6.09. The lowest BCUT2D eigenvalue weighted by Gasteiger charge is -2.15. The normalized spacial score (nSPS) is 15.9. The Labute approximate surface area is 116 Å². The van der Waals surface area contributed by atoms with Crippen molar-refractivity contribution in [3.63, 3.8) is 0 Å². The van der Waals surface area contributed by atoms with Crippen molar-refractivity contribution in [3.05, 3.63) is 17.0 Å². The number of hydrogen-bond donors (Lipinski definition) is 2. The molecule has 2 rings (SSSR count). The number of sulfonamides is 1. The van der Waals surface area contributed by atoms with Crippen molar-refractivity contribution in [2.45, 2.75) is 23.6 Å². The van der Waals surface area contributed by atoms with Crippen molar-refractivity contribution < 1.29 is 13.2 Å². The summed E-state index contributed by atoms with van der Waals surface area (Å²) in [6, 6.07) is 3.19. The maximum Gasteiger partial charge on any atom is 0.250 e. The number of thiophene rings is 1. The van der Waals surface area contributed by atoms with Crippen molar-refractivity contribution in [2.75, 3.05) is 19.6 Å². The van der Waals surface area contributed by atoms with Crippen molar-refractivity contribution in [2.24, 2.45) is 5.73 Å². The van der Waals surface area contributed by atoms with Crippen LogP contribution >= 0.6 is 11.3 Å². The summed E-state index contributed by atoms with van der Waals surface area (Å²) in [5.41, 5.74) is 5.45. The molecule has 2 heterocycles. The second-order valence-electron chi connectivity index (χ2n) is 4.34. The standard InChI is InChI=1S/C11H17N3O3S2/c12-7-9-3-4-11(18-9)19(16,17)13-8-10(15)14-5-1-2-6-14/h3-4,13H,1-2,5-8,12H2. The fraction of sp³-hybridized carbons (Fsp3) is 0.545. The quantitative estimate of drug-likeness (QED) is 0.807. The first-order chi connectivity index (χ1) is 9.03. The third-order valence-electron chi connectivity index (χ3n) is 2.98. The van der Waals surface area contributed by atoms with Crippen LogP contribution in [0.3, 0.4) is 0 Å². The SMILES string of the molecule is NCc1ccc(S(=O)(=O)NCC(=O)N2CCCC2)s1. The lowest BCUT2D eigenvalue weighted by Crippen LogP contribution is -2.38. The molecular formula is C11H17N3O3S2. The molecule has 1 aliphatic heterocycles. The van der Waals surface area contributed by atoms with E-state index in [1.54, 1.807) is 11.0 Å². The van der Waals surface area contributed by atoms with Gasteiger partial charge < -0.3 is 10.6 Å². The monoisotopic (exact) mass is 303 g/mol. The Hall–Kier alpha value is -0.960. The first-order valence-corrected chi connectivity index (χ1v) is 8.39. The molecule has 0 bridgehead atoms. The third kappa shape index (κ3) is 3.53. The largest absolute Gasteiger partial charge is 0.342 e. The average Bonchev–Trinajstić information content (AvgIpc) is 3.06. The Morgan fingerprint density at radius 3 is 2.63 bits per heavy atom. The minimum atomic E-state index is -3.61. The molecule has 1 aromatic heterocycles. The van der Waals surface area contributed by atoms with E-state index in [0.717, 1.165) is 42.1 Å². The Bertz CT molecular complexity index is 547. The molecule has 0 spiro atoms. The van der Waals surface area contributed by atoms with Gasteiger partial charge in [-0.2, -0.15) is 0 Å². The molecule has 1 fully saturated rings. The molecule has 0 unspecified atom stereocenters. The molecule has 8 heteroatoms. The Morgan fingerprint density at radius 1 is 1.37 bits per heavy atom. The highest BCUT2D eigenvalue weighted by molar-refractivity contribution is 7.91. The molecule has 1 amide bonds. The molecule has 3 N–H and O–H groups in total. The second-order valence-corrected chi connectivity index (χ2v) is 7.50. The number of amides is 1. The molecule has 19 heavy (non-hydrogen) atoms. The molecule has 6 nitrogen and oxygen atoms in total. The Morgan fingerprint density at radius 2 is 2.05 bits per heavy atom. The number of nitrogens with one attached hydrogen (secondary N) is 1. The fourth-order valence-electron chi connectivity index (χ4n) is 1.92. The van der Waals surface area contributed by atoms with Crippen molar-refractivity contribution >= 4 is 27.3 Å². The van der Waals surface area contributed by atoms with Gasteiger partial charge in [-0.05, 0) is 25.0 Å². The van der Waals surface area contributed by atoms with E-state index in [2.05, 4.69) is 4.72 Å². The van der Waals surface area contributed by atoms with Gasteiger partial charge in [-0.15, -0.1) is 11.3 Å². The van der Waals surface area contributed by atoms with Crippen LogP contribution in [-0.4, -0.2) is 38.9 Å². The highest BCUT2D eigenvalue weighted by atomic mass is 32.2. The molecule has 1 aliphatic rings. The summed E-state index contributed by atoms with van der Waals surface area (Å²) in [7, 11) is -3.61. The van der Waals surface area contributed by atoms with E-state index >= 15 is 0 Å². The second kappa shape index (κ2) is 6.00. The summed E-state index contributed by atoms with van der Waals surface area (Å²) >= 11 is 1.12. The van der Waals surface area contributed by atoms with E-state index in [4.69, 9.17) is 5.73 Å². The number of likely N-dealkylation sites (tertiary alicyclic amines) is 1. The summed E-state index contributed by atoms with van der Waals surface area (Å²) < 4.78 is 26.5. The lowest BCUT2D eigenvalue weighted by molar-refractivity contribution is -0.128. The molecule has 0 aliphatic carbocycles. The molecule has 106 valence electrons. The van der Waals surface area contributed by atoms with Gasteiger partial charge in [0.25, 0.3) is 10.0 Å². The van der Waals surface area contributed by atoms with Crippen LogP contribution in [0.2, 0.25) is 0 Å². The number of carbonyl (C=O) groups excluding carboxylic acids is 1. The summed E-state index contributed by atoms with van der Waals surface area (Å²) in [6.45, 7) is 1.57. The number of rotatable bonds is 5. The lowest BCUT2D eigenvalue weighted by atomic mass is 10.4. The molecular weight excluding hydrogens is 286 g/mol. The van der Waals surface area contributed by atoms with E-state index < -0.39 is 10.0 Å². The average molecular weight is 303 g/mol. The van der Waals surface area contributed by atoms with Gasteiger partial charge in [0.2, 0.25) is 5.91 Å². The topological polar surface area (TPSA) is 92.5 Å². The van der Waals surface area contributed by atoms with Crippen LogP contribution in [0.15, 0.2) is 16.3 Å². The summed E-state index contributed by atoms with van der Waals surface area (Å²) in [5, 5.41) is 0. The van der Waals surface area contributed by atoms with Gasteiger partial charge in [-0.3, -0.25) is 4.79 Å². The van der Waals surface area contributed by atoms with Crippen LogP contribution in [0.1, 0.15) is 17.7 Å². The Kier molecular flexibility index (Phi) is 4.56. The molecule has 0 aromatic carbocycles. The van der Waals surface area contributed by atoms with E-state index in [1.807, 2.05) is 0 Å².